The number of pyridine rings is 2. The highest BCUT2D eigenvalue weighted by molar-refractivity contribution is 5.98. The Kier molecular flexibility index (Phi) is 3.96. The zero-order valence-corrected chi connectivity index (χ0v) is 14.4. The Labute approximate surface area is 149 Å². The zero-order valence-electron chi connectivity index (χ0n) is 14.4. The lowest BCUT2D eigenvalue weighted by atomic mass is 10.1. The van der Waals surface area contributed by atoms with Gasteiger partial charge < -0.3 is 15.0 Å². The number of amides is 1. The molecule has 1 aromatic carbocycles. The number of nitrogens with one attached hydrogen (secondary N) is 2. The van der Waals surface area contributed by atoms with Crippen LogP contribution in [-0.2, 0) is 6.54 Å². The Balaban J connectivity index is 1.56. The molecular weight excluding hydrogens is 330 g/mol. The van der Waals surface area contributed by atoms with Gasteiger partial charge in [0.15, 0.2) is 5.65 Å². The molecule has 0 saturated carbocycles. The average molecular weight is 347 g/mol. The van der Waals surface area contributed by atoms with Crippen LogP contribution in [-0.4, -0.2) is 33.0 Å². The zero-order chi connectivity index (χ0) is 18.1. The number of aromatic nitrogens is 4. The van der Waals surface area contributed by atoms with Gasteiger partial charge in [0.25, 0.3) is 5.91 Å². The number of imidazole rings is 1. The van der Waals surface area contributed by atoms with E-state index in [1.54, 1.807) is 13.3 Å². The Morgan fingerprint density at radius 2 is 2.12 bits per heavy atom. The molecule has 0 aliphatic heterocycles. The summed E-state index contributed by atoms with van der Waals surface area (Å²) in [4.78, 5) is 28.8. The van der Waals surface area contributed by atoms with Crippen molar-refractivity contribution in [3.05, 3.63) is 59.7 Å². The summed E-state index contributed by atoms with van der Waals surface area (Å²) in [5, 5.41) is 3.76. The van der Waals surface area contributed by atoms with E-state index in [1.807, 2.05) is 43.3 Å². The molecule has 3 aromatic heterocycles. The van der Waals surface area contributed by atoms with Gasteiger partial charge in [-0.05, 0) is 37.3 Å². The number of ether oxygens (including phenoxy) is 1. The summed E-state index contributed by atoms with van der Waals surface area (Å²) in [5.41, 5.74) is 3.47. The molecule has 2 N–H and O–H groups in total. The van der Waals surface area contributed by atoms with Crippen molar-refractivity contribution < 1.29 is 9.53 Å². The third-order valence-corrected chi connectivity index (χ3v) is 4.18. The quantitative estimate of drug-likeness (QED) is 0.592. The molecule has 7 nitrogen and oxygen atoms in total. The van der Waals surface area contributed by atoms with Crippen LogP contribution in [0.4, 0.5) is 0 Å². The minimum atomic E-state index is -0.193. The van der Waals surface area contributed by atoms with E-state index >= 15 is 0 Å². The summed E-state index contributed by atoms with van der Waals surface area (Å²) in [5.74, 6) is 1.20. The first-order valence-corrected chi connectivity index (χ1v) is 8.17. The molecule has 7 heteroatoms. The van der Waals surface area contributed by atoms with Crippen LogP contribution in [0.25, 0.3) is 22.1 Å². The number of fused-ring (bicyclic) bond motifs is 2. The Hall–Kier alpha value is -3.48. The maximum absolute atomic E-state index is 12.6. The van der Waals surface area contributed by atoms with E-state index in [1.165, 1.54) is 0 Å². The van der Waals surface area contributed by atoms with Crippen molar-refractivity contribution in [2.75, 3.05) is 7.11 Å². The maximum atomic E-state index is 12.6. The number of rotatable bonds is 4. The van der Waals surface area contributed by atoms with Crippen LogP contribution in [0.2, 0.25) is 0 Å². The number of carbonyl (C=O) groups is 1. The van der Waals surface area contributed by atoms with Gasteiger partial charge in [0, 0.05) is 17.6 Å². The SMILES string of the molecule is COc1ccc2cc(C(=O)NCc3nc4ncccc4[nH]3)c(C)nc2c1. The normalized spacial score (nSPS) is 11.0. The lowest BCUT2D eigenvalue weighted by Gasteiger charge is -2.09. The molecule has 26 heavy (non-hydrogen) atoms. The molecule has 0 aliphatic rings. The summed E-state index contributed by atoms with van der Waals surface area (Å²) in [7, 11) is 1.61. The van der Waals surface area contributed by atoms with Gasteiger partial charge in [-0.1, -0.05) is 0 Å². The van der Waals surface area contributed by atoms with E-state index in [-0.39, 0.29) is 12.5 Å². The van der Waals surface area contributed by atoms with Gasteiger partial charge in [0.05, 0.1) is 35.9 Å². The second kappa shape index (κ2) is 6.44. The molecule has 0 fully saturated rings. The van der Waals surface area contributed by atoms with E-state index in [2.05, 4.69) is 25.3 Å². The second-order valence-electron chi connectivity index (χ2n) is 5.92. The average Bonchev–Trinajstić information content (AvgIpc) is 3.08. The van der Waals surface area contributed by atoms with Crippen molar-refractivity contribution in [2.45, 2.75) is 13.5 Å². The van der Waals surface area contributed by atoms with Gasteiger partial charge in [-0.2, -0.15) is 0 Å². The van der Waals surface area contributed by atoms with Crippen LogP contribution >= 0.6 is 0 Å². The number of hydrogen-bond acceptors (Lipinski definition) is 5. The first kappa shape index (κ1) is 16.0. The predicted octanol–water partition coefficient (Wildman–Crippen LogP) is 2.75. The summed E-state index contributed by atoms with van der Waals surface area (Å²) < 4.78 is 5.22. The minimum Gasteiger partial charge on any atom is -0.497 e. The van der Waals surface area contributed by atoms with E-state index < -0.39 is 0 Å². The van der Waals surface area contributed by atoms with Gasteiger partial charge in [0.2, 0.25) is 0 Å². The molecular formula is C19H17N5O2. The number of nitrogens with zero attached hydrogens (tertiary/aromatic N) is 3. The van der Waals surface area contributed by atoms with Crippen LogP contribution in [0.15, 0.2) is 42.6 Å². The molecule has 0 spiro atoms. The second-order valence-corrected chi connectivity index (χ2v) is 5.92. The highest BCUT2D eigenvalue weighted by Gasteiger charge is 2.13. The first-order chi connectivity index (χ1) is 12.6. The number of carbonyl (C=O) groups excluding carboxylic acids is 1. The fourth-order valence-corrected chi connectivity index (χ4v) is 2.84. The highest BCUT2D eigenvalue weighted by Crippen LogP contribution is 2.21. The molecule has 0 radical (unpaired) electrons. The molecule has 0 bridgehead atoms. The van der Waals surface area contributed by atoms with Crippen LogP contribution in [0.1, 0.15) is 21.9 Å². The van der Waals surface area contributed by atoms with Crippen molar-refractivity contribution in [1.82, 2.24) is 25.3 Å². The Bertz CT molecular complexity index is 1090. The molecule has 4 rings (SSSR count). The van der Waals surface area contributed by atoms with Crippen LogP contribution in [0.5, 0.6) is 5.75 Å². The van der Waals surface area contributed by atoms with E-state index in [4.69, 9.17) is 4.74 Å². The third kappa shape index (κ3) is 2.95. The number of aryl methyl sites for hydroxylation is 1. The number of hydrogen-bond donors (Lipinski definition) is 2. The van der Waals surface area contributed by atoms with Crippen LogP contribution in [0, 0.1) is 6.92 Å². The molecule has 0 saturated heterocycles. The van der Waals surface area contributed by atoms with E-state index in [0.29, 0.717) is 22.7 Å². The van der Waals surface area contributed by atoms with E-state index in [9.17, 15) is 4.79 Å². The number of H-pyrrole nitrogens is 1. The number of methoxy groups -OCH3 is 1. The molecule has 1 amide bonds. The lowest BCUT2D eigenvalue weighted by molar-refractivity contribution is 0.0949. The van der Waals surface area contributed by atoms with Crippen molar-refractivity contribution in [2.24, 2.45) is 0 Å². The molecule has 4 aromatic rings. The van der Waals surface area contributed by atoms with Crippen LogP contribution in [0.3, 0.4) is 0 Å². The van der Waals surface area contributed by atoms with Gasteiger partial charge in [-0.15, -0.1) is 0 Å². The fraction of sp³-hybridized carbons (Fsp3) is 0.158. The van der Waals surface area contributed by atoms with Gasteiger partial charge in [-0.25, -0.2) is 9.97 Å². The lowest BCUT2D eigenvalue weighted by Crippen LogP contribution is -2.24. The van der Waals surface area contributed by atoms with E-state index in [0.717, 1.165) is 22.2 Å². The largest absolute Gasteiger partial charge is 0.497 e. The summed E-state index contributed by atoms with van der Waals surface area (Å²) in [6.45, 7) is 2.11. The monoisotopic (exact) mass is 347 g/mol. The molecule has 0 atom stereocenters. The third-order valence-electron chi connectivity index (χ3n) is 4.18. The van der Waals surface area contributed by atoms with Crippen LogP contribution < -0.4 is 10.1 Å². The standard InChI is InChI=1S/C19H17N5O2/c1-11-14(8-12-5-6-13(26-2)9-16(12)22-11)19(25)21-10-17-23-15-4-3-7-20-18(15)24-17/h3-9H,10H2,1-2H3,(H,21,25)(H,20,23,24). The molecule has 0 unspecified atom stereocenters. The summed E-state index contributed by atoms with van der Waals surface area (Å²) >= 11 is 0. The Morgan fingerprint density at radius 3 is 2.92 bits per heavy atom. The Morgan fingerprint density at radius 1 is 1.23 bits per heavy atom. The topological polar surface area (TPSA) is 92.8 Å². The highest BCUT2D eigenvalue weighted by atomic mass is 16.5. The van der Waals surface area contributed by atoms with Gasteiger partial charge in [-0.3, -0.25) is 9.78 Å². The number of benzene rings is 1. The van der Waals surface area contributed by atoms with Crippen molar-refractivity contribution in [3.63, 3.8) is 0 Å². The molecule has 0 aliphatic carbocycles. The summed E-state index contributed by atoms with van der Waals surface area (Å²) in [6, 6.07) is 11.2. The van der Waals surface area contributed by atoms with Crippen molar-refractivity contribution >= 4 is 28.0 Å². The molecule has 3 heterocycles. The van der Waals surface area contributed by atoms with Gasteiger partial charge in [0.1, 0.15) is 11.6 Å². The maximum Gasteiger partial charge on any atom is 0.253 e. The number of aromatic amines is 1. The fourth-order valence-electron chi connectivity index (χ4n) is 2.84. The smallest absolute Gasteiger partial charge is 0.253 e. The molecule has 130 valence electrons. The van der Waals surface area contributed by atoms with Gasteiger partial charge >= 0.3 is 0 Å². The summed E-state index contributed by atoms with van der Waals surface area (Å²) in [6.07, 6.45) is 1.69. The van der Waals surface area contributed by atoms with Crippen molar-refractivity contribution in [3.8, 4) is 5.75 Å². The first-order valence-electron chi connectivity index (χ1n) is 8.17. The predicted molar refractivity (Wildman–Crippen MR) is 98.1 cm³/mol. The minimum absolute atomic E-state index is 0.193. The van der Waals surface area contributed by atoms with Crippen molar-refractivity contribution in [1.29, 1.82) is 0 Å².